The minimum Gasteiger partial charge on any atom is -0.377 e. The lowest BCUT2D eigenvalue weighted by atomic mass is 10.2. The fourth-order valence-corrected chi connectivity index (χ4v) is 4.40. The van der Waals surface area contributed by atoms with Gasteiger partial charge in [0.25, 0.3) is 0 Å². The minimum absolute atomic E-state index is 0.429. The van der Waals surface area contributed by atoms with E-state index in [9.17, 15) is 0 Å². The molecule has 8 nitrogen and oxygen atoms in total. The van der Waals surface area contributed by atoms with Crippen molar-refractivity contribution in [2.75, 3.05) is 30.0 Å². The van der Waals surface area contributed by atoms with E-state index >= 15 is 0 Å². The van der Waals surface area contributed by atoms with Crippen LogP contribution in [0.25, 0.3) is 11.3 Å². The number of nitrogens with one attached hydrogen (secondary N) is 2. The van der Waals surface area contributed by atoms with Crippen LogP contribution in [0, 0.1) is 6.92 Å². The Balaban J connectivity index is 1.49. The number of H-pyrrole nitrogens is 1. The molecular formula is C14H15N7OS2. The van der Waals surface area contributed by atoms with E-state index in [0.29, 0.717) is 12.0 Å². The first-order valence-corrected chi connectivity index (χ1v) is 9.32. The molecule has 0 unspecified atom stereocenters. The zero-order valence-corrected chi connectivity index (χ0v) is 14.6. The second kappa shape index (κ2) is 5.50. The lowest BCUT2D eigenvalue weighted by molar-refractivity contribution is 0.00798. The van der Waals surface area contributed by atoms with Crippen molar-refractivity contribution in [1.82, 2.24) is 24.5 Å². The van der Waals surface area contributed by atoms with E-state index in [-0.39, 0.29) is 0 Å². The molecule has 10 heteroatoms. The lowest BCUT2D eigenvalue weighted by Crippen LogP contribution is -2.50. The zero-order chi connectivity index (χ0) is 16.1. The van der Waals surface area contributed by atoms with Gasteiger partial charge in [0.05, 0.1) is 36.7 Å². The first-order chi connectivity index (χ1) is 11.8. The Kier molecular flexibility index (Phi) is 3.28. The molecule has 2 aliphatic heterocycles. The van der Waals surface area contributed by atoms with Gasteiger partial charge in [0, 0.05) is 17.8 Å². The quantitative estimate of drug-likeness (QED) is 0.739. The molecule has 124 valence electrons. The molecule has 0 atom stereocenters. The minimum atomic E-state index is 0.429. The molecule has 0 radical (unpaired) electrons. The summed E-state index contributed by atoms with van der Waals surface area (Å²) in [5.74, 6) is 1.66. The standard InChI is InChI=1S/C14H15N7OS2/c1-7-16-13(20-24-7)18-14-17-11-9-4-15-19-12(9)21(8-5-22-6-8)3-2-10(11)23-14/h4,8H,2-3,5-6H2,1H3,(H,15,19)(H,17,18,20). The summed E-state index contributed by atoms with van der Waals surface area (Å²) in [6.07, 6.45) is 2.82. The van der Waals surface area contributed by atoms with Crippen molar-refractivity contribution < 1.29 is 4.74 Å². The fourth-order valence-electron chi connectivity index (χ4n) is 3.00. The SMILES string of the molecule is Cc1nc(Nc2nc3c(s2)CCN(C2COC2)c2[nH]ncc2-3)ns1. The smallest absolute Gasteiger partial charge is 0.241 e. The number of ether oxygens (including phenoxy) is 1. The summed E-state index contributed by atoms with van der Waals surface area (Å²) >= 11 is 3.05. The average molecular weight is 361 g/mol. The zero-order valence-electron chi connectivity index (χ0n) is 12.9. The molecular weight excluding hydrogens is 346 g/mol. The Hall–Kier alpha value is -2.04. The normalized spacial score (nSPS) is 17.1. The molecule has 3 aromatic rings. The molecule has 1 fully saturated rings. The summed E-state index contributed by atoms with van der Waals surface area (Å²) in [6.45, 7) is 4.44. The number of aryl methyl sites for hydroxylation is 1. The monoisotopic (exact) mass is 361 g/mol. The number of thiazole rings is 1. The molecule has 0 bridgehead atoms. The number of hydrogen-bond acceptors (Lipinski definition) is 9. The predicted octanol–water partition coefficient (Wildman–Crippen LogP) is 2.20. The van der Waals surface area contributed by atoms with E-state index < -0.39 is 0 Å². The molecule has 0 spiro atoms. The van der Waals surface area contributed by atoms with E-state index in [4.69, 9.17) is 9.72 Å². The molecule has 0 saturated carbocycles. The number of nitrogens with zero attached hydrogens (tertiary/aromatic N) is 5. The van der Waals surface area contributed by atoms with Gasteiger partial charge in [-0.15, -0.1) is 11.3 Å². The van der Waals surface area contributed by atoms with E-state index in [2.05, 4.69) is 29.8 Å². The van der Waals surface area contributed by atoms with Crippen molar-refractivity contribution in [2.45, 2.75) is 19.4 Å². The molecule has 5 rings (SSSR count). The van der Waals surface area contributed by atoms with Gasteiger partial charge in [-0.2, -0.15) is 9.47 Å². The van der Waals surface area contributed by atoms with Crippen LogP contribution in [0.3, 0.4) is 0 Å². The van der Waals surface area contributed by atoms with Crippen molar-refractivity contribution in [3.05, 3.63) is 16.1 Å². The summed E-state index contributed by atoms with van der Waals surface area (Å²) in [7, 11) is 0. The van der Waals surface area contributed by atoms with E-state index in [1.54, 1.807) is 11.3 Å². The highest BCUT2D eigenvalue weighted by Crippen LogP contribution is 2.40. The Bertz CT molecular complexity index is 881. The Morgan fingerprint density at radius 3 is 3.04 bits per heavy atom. The molecule has 24 heavy (non-hydrogen) atoms. The number of aromatic nitrogens is 5. The van der Waals surface area contributed by atoms with Gasteiger partial charge in [0.2, 0.25) is 5.95 Å². The largest absolute Gasteiger partial charge is 0.377 e. The molecule has 2 aliphatic rings. The Labute approximate surface area is 146 Å². The van der Waals surface area contributed by atoms with E-state index in [1.807, 2.05) is 13.1 Å². The van der Waals surface area contributed by atoms with Crippen LogP contribution < -0.4 is 10.2 Å². The van der Waals surface area contributed by atoms with Gasteiger partial charge in [-0.05, 0) is 18.5 Å². The Morgan fingerprint density at radius 1 is 1.38 bits per heavy atom. The van der Waals surface area contributed by atoms with Crippen molar-refractivity contribution >= 4 is 39.8 Å². The fraction of sp³-hybridized carbons (Fsp3) is 0.429. The van der Waals surface area contributed by atoms with Crippen LogP contribution in [-0.2, 0) is 11.2 Å². The van der Waals surface area contributed by atoms with Crippen LogP contribution in [0.5, 0.6) is 0 Å². The molecule has 1 saturated heterocycles. The summed E-state index contributed by atoms with van der Waals surface area (Å²) in [4.78, 5) is 12.7. The third kappa shape index (κ3) is 2.29. The maximum absolute atomic E-state index is 5.35. The van der Waals surface area contributed by atoms with Gasteiger partial charge in [-0.3, -0.25) is 10.4 Å². The van der Waals surface area contributed by atoms with Crippen LogP contribution in [0.1, 0.15) is 9.88 Å². The van der Waals surface area contributed by atoms with Crippen LogP contribution >= 0.6 is 22.9 Å². The molecule has 0 aliphatic carbocycles. The van der Waals surface area contributed by atoms with Gasteiger partial charge in [-0.25, -0.2) is 9.97 Å². The number of anilines is 3. The van der Waals surface area contributed by atoms with Gasteiger partial charge in [0.1, 0.15) is 10.8 Å². The average Bonchev–Trinajstić information content (AvgIpc) is 3.20. The van der Waals surface area contributed by atoms with Crippen LogP contribution in [0.4, 0.5) is 16.9 Å². The highest BCUT2D eigenvalue weighted by molar-refractivity contribution is 7.16. The number of aromatic amines is 1. The highest BCUT2D eigenvalue weighted by atomic mass is 32.1. The summed E-state index contributed by atoms with van der Waals surface area (Å²) in [5, 5.41) is 12.4. The third-order valence-corrected chi connectivity index (χ3v) is 5.90. The van der Waals surface area contributed by atoms with Gasteiger partial charge in [0.15, 0.2) is 5.13 Å². The molecule has 3 aromatic heterocycles. The summed E-state index contributed by atoms with van der Waals surface area (Å²) < 4.78 is 9.62. The van der Waals surface area contributed by atoms with Gasteiger partial charge in [-0.1, -0.05) is 0 Å². The third-order valence-electron chi connectivity index (χ3n) is 4.25. The predicted molar refractivity (Wildman–Crippen MR) is 93.3 cm³/mol. The van der Waals surface area contributed by atoms with Crippen molar-refractivity contribution in [3.8, 4) is 11.3 Å². The first-order valence-electron chi connectivity index (χ1n) is 7.73. The van der Waals surface area contributed by atoms with Crippen molar-refractivity contribution in [2.24, 2.45) is 0 Å². The summed E-state index contributed by atoms with van der Waals surface area (Å²) in [5.41, 5.74) is 2.06. The Morgan fingerprint density at radius 2 is 2.29 bits per heavy atom. The molecule has 5 heterocycles. The first kappa shape index (κ1) is 14.3. The second-order valence-electron chi connectivity index (χ2n) is 5.82. The molecule has 0 amide bonds. The number of rotatable bonds is 3. The van der Waals surface area contributed by atoms with Crippen LogP contribution in [0.2, 0.25) is 0 Å². The second-order valence-corrected chi connectivity index (χ2v) is 7.86. The van der Waals surface area contributed by atoms with Crippen molar-refractivity contribution in [3.63, 3.8) is 0 Å². The number of hydrogen-bond donors (Lipinski definition) is 2. The topological polar surface area (TPSA) is 91.8 Å². The van der Waals surface area contributed by atoms with Crippen LogP contribution in [0.15, 0.2) is 6.20 Å². The van der Waals surface area contributed by atoms with Crippen molar-refractivity contribution in [1.29, 1.82) is 0 Å². The lowest BCUT2D eigenvalue weighted by Gasteiger charge is -2.37. The van der Waals surface area contributed by atoms with Gasteiger partial charge >= 0.3 is 0 Å². The maximum Gasteiger partial charge on any atom is 0.241 e. The van der Waals surface area contributed by atoms with Gasteiger partial charge < -0.3 is 9.64 Å². The van der Waals surface area contributed by atoms with E-state index in [0.717, 1.165) is 53.4 Å². The van der Waals surface area contributed by atoms with Crippen LogP contribution in [-0.4, -0.2) is 50.3 Å². The number of fused-ring (bicyclic) bond motifs is 3. The van der Waals surface area contributed by atoms with E-state index in [1.165, 1.54) is 16.4 Å². The highest BCUT2D eigenvalue weighted by Gasteiger charge is 2.32. The summed E-state index contributed by atoms with van der Waals surface area (Å²) in [6, 6.07) is 0.429. The molecule has 2 N–H and O–H groups in total. The maximum atomic E-state index is 5.35. The molecule has 0 aromatic carbocycles.